The van der Waals surface area contributed by atoms with E-state index in [4.69, 9.17) is 11.6 Å². The van der Waals surface area contributed by atoms with E-state index in [2.05, 4.69) is 19.3 Å². The zero-order valence-electron chi connectivity index (χ0n) is 7.36. The summed E-state index contributed by atoms with van der Waals surface area (Å²) < 4.78 is 0. The summed E-state index contributed by atoms with van der Waals surface area (Å²) >= 11 is 0. The van der Waals surface area contributed by atoms with Crippen molar-refractivity contribution >= 4 is 0 Å². The average molecular weight is 145 g/mol. The van der Waals surface area contributed by atoms with E-state index < -0.39 is 0 Å². The normalized spacial score (nSPS) is 13.8. The second-order valence-electron chi connectivity index (χ2n) is 3.86. The van der Waals surface area contributed by atoms with Crippen LogP contribution < -0.4 is 17.0 Å². The molecule has 0 aromatic carbocycles. The summed E-state index contributed by atoms with van der Waals surface area (Å²) in [6, 6.07) is 0. The van der Waals surface area contributed by atoms with Gasteiger partial charge in [0.25, 0.3) is 0 Å². The van der Waals surface area contributed by atoms with Gasteiger partial charge in [-0.1, -0.05) is 13.8 Å². The summed E-state index contributed by atoms with van der Waals surface area (Å²) in [5, 5.41) is 0. The van der Waals surface area contributed by atoms with Crippen LogP contribution in [0.25, 0.3) is 0 Å². The largest absolute Gasteiger partial charge is 0.330 e. The van der Waals surface area contributed by atoms with Gasteiger partial charge in [0, 0.05) is 5.54 Å². The first-order chi connectivity index (χ1) is 4.37. The lowest BCUT2D eigenvalue weighted by Gasteiger charge is -2.40. The van der Waals surface area contributed by atoms with E-state index in [9.17, 15) is 0 Å². The predicted octanol–water partition coefficient (Wildman–Crippen LogP) is 0.213. The number of nitrogens with one attached hydrogen (secondary N) is 1. The molecule has 0 rings (SSSR count). The van der Waals surface area contributed by atoms with E-state index in [0.29, 0.717) is 6.54 Å². The van der Waals surface area contributed by atoms with Crippen molar-refractivity contribution in [2.75, 3.05) is 6.54 Å². The molecule has 0 aromatic heterocycles. The molecule has 0 atom stereocenters. The Labute approximate surface area is 63.1 Å². The second-order valence-corrected chi connectivity index (χ2v) is 3.86. The quantitative estimate of drug-likeness (QED) is 0.393. The maximum Gasteiger partial charge on any atom is 0.0328 e. The average Bonchev–Trinajstić information content (AvgIpc) is 1.88. The highest BCUT2D eigenvalue weighted by Gasteiger charge is 2.34. The van der Waals surface area contributed by atoms with Gasteiger partial charge in [-0.2, -0.15) is 0 Å². The Morgan fingerprint density at radius 3 is 1.70 bits per heavy atom. The molecule has 0 aliphatic heterocycles. The summed E-state index contributed by atoms with van der Waals surface area (Å²) in [4.78, 5) is 0. The zero-order chi connectivity index (χ0) is 8.41. The molecule has 10 heavy (non-hydrogen) atoms. The highest BCUT2D eigenvalue weighted by molar-refractivity contribution is 4.91. The molecular weight excluding hydrogens is 126 g/mol. The smallest absolute Gasteiger partial charge is 0.0328 e. The molecule has 0 fully saturated rings. The second kappa shape index (κ2) is 2.86. The minimum Gasteiger partial charge on any atom is -0.330 e. The molecule has 0 saturated heterocycles. The van der Waals surface area contributed by atoms with Gasteiger partial charge in [0.1, 0.15) is 0 Å². The van der Waals surface area contributed by atoms with Gasteiger partial charge < -0.3 is 5.73 Å². The molecule has 0 heterocycles. The van der Waals surface area contributed by atoms with Crippen molar-refractivity contribution in [2.45, 2.75) is 33.2 Å². The van der Waals surface area contributed by atoms with Crippen LogP contribution in [0.1, 0.15) is 27.7 Å². The van der Waals surface area contributed by atoms with Crippen molar-refractivity contribution in [1.29, 1.82) is 0 Å². The molecule has 0 saturated carbocycles. The summed E-state index contributed by atoms with van der Waals surface area (Å²) in [5.74, 6) is 5.36. The van der Waals surface area contributed by atoms with E-state index >= 15 is 0 Å². The fourth-order valence-electron chi connectivity index (χ4n) is 0.451. The van der Waals surface area contributed by atoms with Crippen molar-refractivity contribution in [3.8, 4) is 0 Å². The van der Waals surface area contributed by atoms with E-state index in [-0.39, 0.29) is 11.0 Å². The standard InChI is InChI=1S/C7H19N3/c1-6(2,5-8)7(3,4)10-9/h10H,5,8-9H2,1-4H3. The Morgan fingerprint density at radius 2 is 1.60 bits per heavy atom. The summed E-state index contributed by atoms with van der Waals surface area (Å²) in [7, 11) is 0. The topological polar surface area (TPSA) is 64.1 Å². The molecular formula is C7H19N3. The molecule has 0 bridgehead atoms. The lowest BCUT2D eigenvalue weighted by molar-refractivity contribution is 0.164. The zero-order valence-corrected chi connectivity index (χ0v) is 7.36. The van der Waals surface area contributed by atoms with E-state index in [1.165, 1.54) is 0 Å². The molecule has 0 spiro atoms. The maximum absolute atomic E-state index is 5.57. The highest BCUT2D eigenvalue weighted by Crippen LogP contribution is 2.27. The Kier molecular flexibility index (Phi) is 2.83. The van der Waals surface area contributed by atoms with Gasteiger partial charge in [-0.15, -0.1) is 0 Å². The molecule has 5 N–H and O–H groups in total. The summed E-state index contributed by atoms with van der Waals surface area (Å²) in [5.41, 5.74) is 8.25. The van der Waals surface area contributed by atoms with Crippen molar-refractivity contribution in [2.24, 2.45) is 17.0 Å². The number of hydrogen-bond donors (Lipinski definition) is 3. The van der Waals surface area contributed by atoms with Crippen LogP contribution in [-0.2, 0) is 0 Å². The van der Waals surface area contributed by atoms with Crippen molar-refractivity contribution in [1.82, 2.24) is 5.43 Å². The van der Waals surface area contributed by atoms with Crippen LogP contribution in [0.15, 0.2) is 0 Å². The minimum atomic E-state index is -0.109. The van der Waals surface area contributed by atoms with Gasteiger partial charge in [0.05, 0.1) is 0 Å². The maximum atomic E-state index is 5.57. The van der Waals surface area contributed by atoms with Crippen LogP contribution in [-0.4, -0.2) is 12.1 Å². The van der Waals surface area contributed by atoms with E-state index in [1.54, 1.807) is 0 Å². The van der Waals surface area contributed by atoms with Gasteiger partial charge in [0.15, 0.2) is 0 Å². The predicted molar refractivity (Wildman–Crippen MR) is 44.2 cm³/mol. The van der Waals surface area contributed by atoms with Crippen LogP contribution >= 0.6 is 0 Å². The Morgan fingerprint density at radius 1 is 1.20 bits per heavy atom. The Hall–Kier alpha value is -0.120. The molecule has 3 nitrogen and oxygen atoms in total. The lowest BCUT2D eigenvalue weighted by Crippen LogP contribution is -2.57. The number of hydrazine groups is 1. The van der Waals surface area contributed by atoms with Crippen molar-refractivity contribution < 1.29 is 0 Å². The third-order valence-electron chi connectivity index (χ3n) is 2.56. The van der Waals surface area contributed by atoms with Crippen LogP contribution in [0.5, 0.6) is 0 Å². The SMILES string of the molecule is CC(C)(CN)C(C)(C)NN. The molecule has 62 valence electrons. The summed E-state index contributed by atoms with van der Waals surface area (Å²) in [6.45, 7) is 8.89. The molecule has 0 unspecified atom stereocenters. The van der Waals surface area contributed by atoms with Crippen molar-refractivity contribution in [3.05, 3.63) is 0 Å². The van der Waals surface area contributed by atoms with E-state index in [0.717, 1.165) is 0 Å². The summed E-state index contributed by atoms with van der Waals surface area (Å²) in [6.07, 6.45) is 0. The lowest BCUT2D eigenvalue weighted by atomic mass is 9.75. The minimum absolute atomic E-state index is 0.0295. The van der Waals surface area contributed by atoms with Gasteiger partial charge in [-0.25, -0.2) is 0 Å². The van der Waals surface area contributed by atoms with Gasteiger partial charge in [-0.05, 0) is 25.8 Å². The number of rotatable bonds is 3. The molecule has 0 amide bonds. The van der Waals surface area contributed by atoms with Gasteiger partial charge in [0.2, 0.25) is 0 Å². The first-order valence-electron chi connectivity index (χ1n) is 3.55. The molecule has 0 aliphatic carbocycles. The van der Waals surface area contributed by atoms with Crippen molar-refractivity contribution in [3.63, 3.8) is 0 Å². The highest BCUT2D eigenvalue weighted by atomic mass is 15.3. The molecule has 0 aliphatic rings. The molecule has 3 heteroatoms. The van der Waals surface area contributed by atoms with Crippen LogP contribution in [0.2, 0.25) is 0 Å². The Bertz CT molecular complexity index is 93.4. The monoisotopic (exact) mass is 145 g/mol. The fraction of sp³-hybridized carbons (Fsp3) is 1.00. The van der Waals surface area contributed by atoms with Gasteiger partial charge >= 0.3 is 0 Å². The van der Waals surface area contributed by atoms with Crippen LogP contribution in [0.4, 0.5) is 0 Å². The first-order valence-corrected chi connectivity index (χ1v) is 3.55. The van der Waals surface area contributed by atoms with Crippen LogP contribution in [0.3, 0.4) is 0 Å². The third kappa shape index (κ3) is 1.68. The Balaban J connectivity index is 4.28. The fourth-order valence-corrected chi connectivity index (χ4v) is 0.451. The number of nitrogens with two attached hydrogens (primary N) is 2. The molecule has 0 aromatic rings. The first kappa shape index (κ1) is 9.88. The van der Waals surface area contributed by atoms with Crippen LogP contribution in [0, 0.1) is 5.41 Å². The molecule has 0 radical (unpaired) electrons. The third-order valence-corrected chi connectivity index (χ3v) is 2.56. The number of hydrogen-bond acceptors (Lipinski definition) is 3. The van der Waals surface area contributed by atoms with E-state index in [1.807, 2.05) is 13.8 Å². The van der Waals surface area contributed by atoms with Gasteiger partial charge in [-0.3, -0.25) is 11.3 Å².